The van der Waals surface area contributed by atoms with Gasteiger partial charge in [-0.1, -0.05) is 90.5 Å². The third-order valence-corrected chi connectivity index (χ3v) is 6.47. The number of ether oxygens (including phenoxy) is 2. The number of hydrogen-bond donors (Lipinski definition) is 1. The molecule has 1 N–H and O–H groups in total. The smallest absolute Gasteiger partial charge is 0.275 e. The van der Waals surface area contributed by atoms with Crippen molar-refractivity contribution in [2.45, 2.75) is 13.2 Å². The largest absolute Gasteiger partial charge is 0.488 e. The van der Waals surface area contributed by atoms with Gasteiger partial charge in [0.2, 0.25) is 0 Å². The Bertz CT molecular complexity index is 1650. The molecule has 0 unspecified atom stereocenters. The van der Waals surface area contributed by atoms with Gasteiger partial charge in [0.15, 0.2) is 0 Å². The van der Waals surface area contributed by atoms with Gasteiger partial charge in [0.1, 0.15) is 30.5 Å². The maximum absolute atomic E-state index is 14.1. The Labute approximate surface area is 230 Å². The summed E-state index contributed by atoms with van der Waals surface area (Å²) in [6, 6.07) is 32.2. The second kappa shape index (κ2) is 12.2. The Morgan fingerprint density at radius 2 is 1.44 bits per heavy atom. The lowest BCUT2D eigenvalue weighted by Gasteiger charge is -2.13. The number of nitrogens with one attached hydrogen (secondary N) is 1. The van der Waals surface area contributed by atoms with E-state index in [1.165, 1.54) is 12.3 Å². The molecule has 0 atom stereocenters. The standard InChI is InChI=1S/C32H24ClFN2O3/c33-28-14-6-2-10-23(28)20-38-30-16-8-5-13-26(30)32(37)36-35-19-27-25-12-4-1-9-22(25)17-18-31(27)39-21-24-11-3-7-15-29(24)34/h1-19H,20-21H2,(H,36,37)/b35-19+. The summed E-state index contributed by atoms with van der Waals surface area (Å²) in [5.74, 6) is 0.147. The third kappa shape index (κ3) is 6.25. The molecule has 5 nitrogen and oxygen atoms in total. The number of nitrogens with zero attached hydrogens (tertiary/aromatic N) is 1. The number of carbonyl (C=O) groups excluding carboxylic acids is 1. The van der Waals surface area contributed by atoms with Crippen molar-refractivity contribution in [3.8, 4) is 11.5 Å². The maximum Gasteiger partial charge on any atom is 0.275 e. The number of hydrazone groups is 1. The molecule has 0 spiro atoms. The van der Waals surface area contributed by atoms with Crippen LogP contribution in [0.15, 0.2) is 114 Å². The number of fused-ring (bicyclic) bond motifs is 1. The monoisotopic (exact) mass is 538 g/mol. The zero-order chi connectivity index (χ0) is 27.0. The van der Waals surface area contributed by atoms with Crippen LogP contribution in [0.1, 0.15) is 27.0 Å². The third-order valence-electron chi connectivity index (χ3n) is 6.10. The molecule has 0 aromatic heterocycles. The van der Waals surface area contributed by atoms with Gasteiger partial charge in [-0.3, -0.25) is 4.79 Å². The fourth-order valence-electron chi connectivity index (χ4n) is 4.07. The van der Waals surface area contributed by atoms with Crippen LogP contribution in [0.5, 0.6) is 11.5 Å². The van der Waals surface area contributed by atoms with E-state index in [-0.39, 0.29) is 19.0 Å². The van der Waals surface area contributed by atoms with Crippen molar-refractivity contribution in [1.29, 1.82) is 0 Å². The quantitative estimate of drug-likeness (QED) is 0.156. The van der Waals surface area contributed by atoms with Gasteiger partial charge >= 0.3 is 0 Å². The Hall–Kier alpha value is -4.68. The van der Waals surface area contributed by atoms with Gasteiger partial charge in [0.25, 0.3) is 5.91 Å². The zero-order valence-corrected chi connectivity index (χ0v) is 21.6. The molecule has 0 saturated heterocycles. The average Bonchev–Trinajstić information content (AvgIpc) is 2.97. The van der Waals surface area contributed by atoms with E-state index in [1.807, 2.05) is 54.6 Å². The van der Waals surface area contributed by atoms with Crippen molar-refractivity contribution in [2.24, 2.45) is 5.10 Å². The molecule has 0 aliphatic heterocycles. The molecule has 0 saturated carbocycles. The lowest BCUT2D eigenvalue weighted by Crippen LogP contribution is -2.19. The van der Waals surface area contributed by atoms with Gasteiger partial charge in [0, 0.05) is 21.7 Å². The van der Waals surface area contributed by atoms with Crippen LogP contribution >= 0.6 is 11.6 Å². The summed E-state index contributed by atoms with van der Waals surface area (Å²) in [5, 5.41) is 6.66. The first-order chi connectivity index (χ1) is 19.1. The van der Waals surface area contributed by atoms with Crippen LogP contribution < -0.4 is 14.9 Å². The highest BCUT2D eigenvalue weighted by atomic mass is 35.5. The van der Waals surface area contributed by atoms with Crippen LogP contribution in [-0.2, 0) is 13.2 Å². The molecule has 39 heavy (non-hydrogen) atoms. The van der Waals surface area contributed by atoms with E-state index in [4.69, 9.17) is 21.1 Å². The Kier molecular flexibility index (Phi) is 8.15. The molecule has 5 aromatic carbocycles. The van der Waals surface area contributed by atoms with E-state index in [0.29, 0.717) is 33.2 Å². The maximum atomic E-state index is 14.1. The highest BCUT2D eigenvalue weighted by Crippen LogP contribution is 2.28. The second-order valence-electron chi connectivity index (χ2n) is 8.65. The molecule has 0 aliphatic carbocycles. The first-order valence-electron chi connectivity index (χ1n) is 12.3. The van der Waals surface area contributed by atoms with E-state index in [9.17, 15) is 9.18 Å². The van der Waals surface area contributed by atoms with Gasteiger partial charge < -0.3 is 9.47 Å². The Morgan fingerprint density at radius 1 is 0.769 bits per heavy atom. The molecular weight excluding hydrogens is 515 g/mol. The SMILES string of the molecule is O=C(N/N=C/c1c(OCc2ccccc2F)ccc2ccccc12)c1ccccc1OCc1ccccc1Cl. The summed E-state index contributed by atoms with van der Waals surface area (Å²) >= 11 is 6.23. The van der Waals surface area contributed by atoms with Gasteiger partial charge in [-0.05, 0) is 41.1 Å². The predicted molar refractivity (Wildman–Crippen MR) is 152 cm³/mol. The Morgan fingerprint density at radius 3 is 2.28 bits per heavy atom. The van der Waals surface area contributed by atoms with Crippen molar-refractivity contribution in [1.82, 2.24) is 5.43 Å². The number of hydrogen-bond acceptors (Lipinski definition) is 4. The van der Waals surface area contributed by atoms with Crippen molar-refractivity contribution < 1.29 is 18.7 Å². The number of benzene rings is 5. The number of para-hydroxylation sites is 1. The lowest BCUT2D eigenvalue weighted by atomic mass is 10.0. The van der Waals surface area contributed by atoms with Gasteiger partial charge in [-0.15, -0.1) is 0 Å². The van der Waals surface area contributed by atoms with E-state index in [0.717, 1.165) is 16.3 Å². The number of carbonyl (C=O) groups is 1. The van der Waals surface area contributed by atoms with Crippen molar-refractivity contribution >= 4 is 34.5 Å². The zero-order valence-electron chi connectivity index (χ0n) is 20.8. The van der Waals surface area contributed by atoms with E-state index in [1.54, 1.807) is 48.5 Å². The molecule has 0 aliphatic rings. The molecule has 0 bridgehead atoms. The number of halogens is 2. The van der Waals surface area contributed by atoms with Crippen molar-refractivity contribution in [3.05, 3.63) is 142 Å². The molecule has 1 amide bonds. The molecule has 0 heterocycles. The molecule has 194 valence electrons. The van der Waals surface area contributed by atoms with E-state index in [2.05, 4.69) is 10.5 Å². The van der Waals surface area contributed by atoms with Gasteiger partial charge in [0.05, 0.1) is 11.8 Å². The summed E-state index contributed by atoms with van der Waals surface area (Å²) < 4.78 is 26.0. The van der Waals surface area contributed by atoms with Crippen LogP contribution in [0.2, 0.25) is 5.02 Å². The highest BCUT2D eigenvalue weighted by Gasteiger charge is 2.13. The van der Waals surface area contributed by atoms with Crippen LogP contribution in [0.4, 0.5) is 4.39 Å². The first-order valence-corrected chi connectivity index (χ1v) is 12.6. The minimum Gasteiger partial charge on any atom is -0.488 e. The molecule has 0 radical (unpaired) electrons. The predicted octanol–water partition coefficient (Wildman–Crippen LogP) is 7.55. The topological polar surface area (TPSA) is 59.9 Å². The summed E-state index contributed by atoms with van der Waals surface area (Å²) in [5.41, 5.74) is 4.82. The summed E-state index contributed by atoms with van der Waals surface area (Å²) in [6.45, 7) is 0.264. The van der Waals surface area contributed by atoms with Crippen LogP contribution in [0, 0.1) is 5.82 Å². The summed E-state index contributed by atoms with van der Waals surface area (Å²) in [6.07, 6.45) is 1.53. The van der Waals surface area contributed by atoms with E-state index < -0.39 is 5.91 Å². The van der Waals surface area contributed by atoms with E-state index >= 15 is 0 Å². The molecule has 5 rings (SSSR count). The molecule has 5 aromatic rings. The van der Waals surface area contributed by atoms with Gasteiger partial charge in [-0.2, -0.15) is 5.10 Å². The fraction of sp³-hybridized carbons (Fsp3) is 0.0625. The number of rotatable bonds is 9. The van der Waals surface area contributed by atoms with Crippen LogP contribution in [-0.4, -0.2) is 12.1 Å². The van der Waals surface area contributed by atoms with Crippen LogP contribution in [0.3, 0.4) is 0 Å². The Balaban J connectivity index is 1.34. The highest BCUT2D eigenvalue weighted by molar-refractivity contribution is 6.31. The average molecular weight is 539 g/mol. The van der Waals surface area contributed by atoms with Crippen LogP contribution in [0.25, 0.3) is 10.8 Å². The molecular formula is C32H24ClFN2O3. The second-order valence-corrected chi connectivity index (χ2v) is 9.06. The fourth-order valence-corrected chi connectivity index (χ4v) is 4.26. The van der Waals surface area contributed by atoms with Gasteiger partial charge in [-0.25, -0.2) is 9.82 Å². The normalized spacial score (nSPS) is 11.0. The van der Waals surface area contributed by atoms with Crippen molar-refractivity contribution in [3.63, 3.8) is 0 Å². The van der Waals surface area contributed by atoms with Crippen molar-refractivity contribution in [2.75, 3.05) is 0 Å². The first kappa shape index (κ1) is 25.9. The lowest BCUT2D eigenvalue weighted by molar-refractivity contribution is 0.0950. The molecule has 0 fully saturated rings. The minimum atomic E-state index is -0.435. The minimum absolute atomic E-state index is 0.0500. The summed E-state index contributed by atoms with van der Waals surface area (Å²) in [7, 11) is 0. The number of amides is 1. The summed E-state index contributed by atoms with van der Waals surface area (Å²) in [4.78, 5) is 13.0. The molecule has 7 heteroatoms.